The zero-order valence-electron chi connectivity index (χ0n) is 9.78. The van der Waals surface area contributed by atoms with Crippen LogP contribution in [0.1, 0.15) is 36.0 Å². The zero-order chi connectivity index (χ0) is 11.5. The lowest BCUT2D eigenvalue weighted by molar-refractivity contribution is 0.412. The topological polar surface area (TPSA) is 53.9 Å². The summed E-state index contributed by atoms with van der Waals surface area (Å²) < 4.78 is 5.48. The molecule has 4 heteroatoms. The van der Waals surface area contributed by atoms with Crippen LogP contribution in [0.3, 0.4) is 0 Å². The lowest BCUT2D eigenvalue weighted by atomic mass is 9.93. The van der Waals surface area contributed by atoms with E-state index in [4.69, 9.17) is 4.42 Å². The van der Waals surface area contributed by atoms with Crippen LogP contribution < -0.4 is 5.32 Å². The Morgan fingerprint density at radius 1 is 1.53 bits per heavy atom. The molecule has 1 aliphatic carbocycles. The highest BCUT2D eigenvalue weighted by molar-refractivity contribution is 5.24. The molecule has 0 bridgehead atoms. The first-order valence-corrected chi connectivity index (χ1v) is 6.21. The number of aromatic amines is 1. The number of hydrogen-bond acceptors (Lipinski definition) is 3. The Morgan fingerprint density at radius 3 is 3.41 bits per heavy atom. The van der Waals surface area contributed by atoms with Gasteiger partial charge in [-0.1, -0.05) is 0 Å². The van der Waals surface area contributed by atoms with Crippen molar-refractivity contribution in [2.24, 2.45) is 0 Å². The van der Waals surface area contributed by atoms with E-state index in [0.717, 1.165) is 31.0 Å². The van der Waals surface area contributed by atoms with Crippen molar-refractivity contribution in [2.45, 2.75) is 31.7 Å². The van der Waals surface area contributed by atoms with Crippen molar-refractivity contribution in [1.29, 1.82) is 0 Å². The van der Waals surface area contributed by atoms with E-state index < -0.39 is 0 Å². The van der Waals surface area contributed by atoms with Gasteiger partial charge in [0, 0.05) is 43.4 Å². The molecule has 4 nitrogen and oxygen atoms in total. The van der Waals surface area contributed by atoms with E-state index in [1.54, 1.807) is 12.5 Å². The molecular weight excluding hydrogens is 214 g/mol. The van der Waals surface area contributed by atoms with Gasteiger partial charge in [0.25, 0.3) is 0 Å². The molecular formula is C13H17N3O. The molecule has 1 aliphatic rings. The summed E-state index contributed by atoms with van der Waals surface area (Å²) in [6.07, 6.45) is 9.89. The molecule has 1 unspecified atom stereocenters. The summed E-state index contributed by atoms with van der Waals surface area (Å²) >= 11 is 0. The van der Waals surface area contributed by atoms with Gasteiger partial charge >= 0.3 is 0 Å². The third-order valence-electron chi connectivity index (χ3n) is 3.36. The maximum atomic E-state index is 5.48. The van der Waals surface area contributed by atoms with Gasteiger partial charge < -0.3 is 14.7 Å². The Balaban J connectivity index is 1.57. The summed E-state index contributed by atoms with van der Waals surface area (Å²) in [5.41, 5.74) is 1.34. The largest absolute Gasteiger partial charge is 0.469 e. The van der Waals surface area contributed by atoms with Gasteiger partial charge in [-0.05, 0) is 18.9 Å². The van der Waals surface area contributed by atoms with Gasteiger partial charge in [-0.25, -0.2) is 4.98 Å². The van der Waals surface area contributed by atoms with Crippen LogP contribution in [0, 0.1) is 0 Å². The molecule has 90 valence electrons. The van der Waals surface area contributed by atoms with Crippen molar-refractivity contribution < 1.29 is 4.42 Å². The molecule has 0 aromatic carbocycles. The summed E-state index contributed by atoms with van der Waals surface area (Å²) in [7, 11) is 0. The lowest BCUT2D eigenvalue weighted by Gasteiger charge is -2.22. The van der Waals surface area contributed by atoms with Gasteiger partial charge in [0.15, 0.2) is 0 Å². The Hall–Kier alpha value is -1.55. The lowest BCUT2D eigenvalue weighted by Crippen LogP contribution is -2.26. The maximum absolute atomic E-state index is 5.48. The normalized spacial score (nSPS) is 19.2. The number of furan rings is 1. The average Bonchev–Trinajstić information content (AvgIpc) is 2.99. The minimum atomic E-state index is 0.451. The summed E-state index contributed by atoms with van der Waals surface area (Å²) in [6.45, 7) is 0.947. The molecule has 2 aromatic rings. The summed E-state index contributed by atoms with van der Waals surface area (Å²) in [6, 6.07) is 2.55. The van der Waals surface area contributed by atoms with E-state index in [-0.39, 0.29) is 0 Å². The van der Waals surface area contributed by atoms with Crippen LogP contribution in [0.15, 0.2) is 29.1 Å². The number of imidazole rings is 1. The smallest absolute Gasteiger partial charge is 0.108 e. The summed E-state index contributed by atoms with van der Waals surface area (Å²) in [4.78, 5) is 7.34. The highest BCUT2D eigenvalue weighted by Crippen LogP contribution is 2.30. The summed E-state index contributed by atoms with van der Waals surface area (Å²) in [5, 5.41) is 3.58. The molecule has 0 radical (unpaired) electrons. The number of fused-ring (bicyclic) bond motifs is 1. The molecule has 0 saturated carbocycles. The molecule has 2 N–H and O–H groups in total. The Labute approximate surface area is 100 Å². The predicted octanol–water partition coefficient (Wildman–Crippen LogP) is 2.21. The molecule has 0 spiro atoms. The molecule has 3 rings (SSSR count). The molecule has 2 heterocycles. The number of aromatic nitrogens is 2. The molecule has 17 heavy (non-hydrogen) atoms. The highest BCUT2D eigenvalue weighted by atomic mass is 16.3. The van der Waals surface area contributed by atoms with E-state index in [9.17, 15) is 0 Å². The fourth-order valence-corrected chi connectivity index (χ4v) is 2.50. The van der Waals surface area contributed by atoms with E-state index in [1.807, 2.05) is 6.20 Å². The van der Waals surface area contributed by atoms with Crippen LogP contribution in [0.5, 0.6) is 0 Å². The second-order valence-corrected chi connectivity index (χ2v) is 4.48. The predicted molar refractivity (Wildman–Crippen MR) is 64.7 cm³/mol. The van der Waals surface area contributed by atoms with E-state index in [0.29, 0.717) is 6.04 Å². The average molecular weight is 231 g/mol. The number of aryl methyl sites for hydroxylation is 1. The first kappa shape index (κ1) is 10.6. The second-order valence-electron chi connectivity index (χ2n) is 4.48. The molecule has 0 aliphatic heterocycles. The Morgan fingerprint density at radius 2 is 2.53 bits per heavy atom. The molecule has 0 fully saturated rings. The third-order valence-corrected chi connectivity index (χ3v) is 3.36. The minimum Gasteiger partial charge on any atom is -0.469 e. The first-order valence-electron chi connectivity index (χ1n) is 6.21. The number of nitrogens with one attached hydrogen (secondary N) is 2. The van der Waals surface area contributed by atoms with Gasteiger partial charge in [-0.15, -0.1) is 0 Å². The van der Waals surface area contributed by atoms with Crippen molar-refractivity contribution >= 4 is 0 Å². The minimum absolute atomic E-state index is 0.451. The van der Waals surface area contributed by atoms with Crippen LogP contribution in [0.25, 0.3) is 0 Å². The van der Waals surface area contributed by atoms with Gasteiger partial charge in [-0.3, -0.25) is 0 Å². The molecule has 0 saturated heterocycles. The summed E-state index contributed by atoms with van der Waals surface area (Å²) in [5.74, 6) is 2.20. The standard InChI is InChI=1S/C13H17N3O/c1-2-11(10-5-9-17-12(10)3-1)14-6-4-13-15-7-8-16-13/h5,7-9,11,14H,1-4,6H2,(H,15,16). The number of rotatable bonds is 4. The van der Waals surface area contributed by atoms with Crippen molar-refractivity contribution in [1.82, 2.24) is 15.3 Å². The highest BCUT2D eigenvalue weighted by Gasteiger charge is 2.21. The van der Waals surface area contributed by atoms with Crippen molar-refractivity contribution in [3.8, 4) is 0 Å². The quantitative estimate of drug-likeness (QED) is 0.848. The molecule has 2 aromatic heterocycles. The van der Waals surface area contributed by atoms with Gasteiger partial charge in [-0.2, -0.15) is 0 Å². The van der Waals surface area contributed by atoms with Crippen LogP contribution >= 0.6 is 0 Å². The third kappa shape index (κ3) is 2.26. The zero-order valence-corrected chi connectivity index (χ0v) is 9.78. The van der Waals surface area contributed by atoms with Crippen LogP contribution in [0.4, 0.5) is 0 Å². The maximum Gasteiger partial charge on any atom is 0.108 e. The van der Waals surface area contributed by atoms with Gasteiger partial charge in [0.2, 0.25) is 0 Å². The first-order chi connectivity index (χ1) is 8.43. The van der Waals surface area contributed by atoms with Crippen LogP contribution in [0.2, 0.25) is 0 Å². The molecule has 0 amide bonds. The van der Waals surface area contributed by atoms with Crippen molar-refractivity contribution in [3.05, 3.63) is 41.9 Å². The molecule has 1 atom stereocenters. The van der Waals surface area contributed by atoms with Crippen molar-refractivity contribution in [2.75, 3.05) is 6.54 Å². The van der Waals surface area contributed by atoms with E-state index in [2.05, 4.69) is 21.4 Å². The fourth-order valence-electron chi connectivity index (χ4n) is 2.50. The Bertz CT molecular complexity index is 461. The Kier molecular flexibility index (Phi) is 2.96. The number of hydrogen-bond donors (Lipinski definition) is 2. The number of nitrogens with zero attached hydrogens (tertiary/aromatic N) is 1. The van der Waals surface area contributed by atoms with Crippen molar-refractivity contribution in [3.63, 3.8) is 0 Å². The number of H-pyrrole nitrogens is 1. The monoisotopic (exact) mass is 231 g/mol. The second kappa shape index (κ2) is 4.75. The van der Waals surface area contributed by atoms with Crippen LogP contribution in [-0.4, -0.2) is 16.5 Å². The fraction of sp³-hybridized carbons (Fsp3) is 0.462. The van der Waals surface area contributed by atoms with E-state index >= 15 is 0 Å². The van der Waals surface area contributed by atoms with Gasteiger partial charge in [0.05, 0.1) is 6.26 Å². The van der Waals surface area contributed by atoms with E-state index in [1.165, 1.54) is 18.4 Å². The van der Waals surface area contributed by atoms with Crippen LogP contribution in [-0.2, 0) is 12.8 Å². The SMILES string of the molecule is c1c[nH]c(CCNC2CCCc3occc32)n1. The van der Waals surface area contributed by atoms with Gasteiger partial charge in [0.1, 0.15) is 11.6 Å².